The van der Waals surface area contributed by atoms with Gasteiger partial charge in [-0.05, 0) is 48.0 Å². The van der Waals surface area contributed by atoms with Crippen molar-refractivity contribution in [1.82, 2.24) is 4.90 Å². The van der Waals surface area contributed by atoms with Crippen molar-refractivity contribution in [3.63, 3.8) is 0 Å². The molecular formula is C28H27N3O2S. The van der Waals surface area contributed by atoms with Gasteiger partial charge in [-0.2, -0.15) is 4.99 Å². The Balaban J connectivity index is 1.24. The quantitative estimate of drug-likeness (QED) is 0.471. The Hall–Kier alpha value is -3.51. The first-order valence-corrected chi connectivity index (χ1v) is 12.3. The van der Waals surface area contributed by atoms with Crippen LogP contribution in [0.25, 0.3) is 6.08 Å². The number of carbonyl (C=O) groups is 1. The molecule has 0 spiro atoms. The molecule has 0 radical (unpaired) electrons. The smallest absolute Gasteiger partial charge is 0.286 e. The van der Waals surface area contributed by atoms with Crippen LogP contribution in [0.15, 0.2) is 88.8 Å². The van der Waals surface area contributed by atoms with E-state index in [0.717, 1.165) is 48.2 Å². The van der Waals surface area contributed by atoms with E-state index in [1.54, 1.807) is 0 Å². The number of hydrogen-bond donors (Lipinski definition) is 0. The number of piperazine rings is 1. The minimum atomic E-state index is -0.181. The SMILES string of the molecule is Cc1ccccc1N1CCN(C2=NC(=O)/C(=C/c3ccccc3OCc3ccccc3)S2)CC1. The molecule has 0 aromatic heterocycles. The molecule has 0 bridgehead atoms. The maximum Gasteiger partial charge on any atom is 0.286 e. The van der Waals surface area contributed by atoms with Crippen LogP contribution in [-0.4, -0.2) is 42.2 Å². The number of para-hydroxylation sites is 2. The number of amides is 1. The largest absolute Gasteiger partial charge is 0.488 e. The summed E-state index contributed by atoms with van der Waals surface area (Å²) in [6.45, 7) is 6.14. The molecular weight excluding hydrogens is 442 g/mol. The van der Waals surface area contributed by atoms with Gasteiger partial charge in [0.25, 0.3) is 5.91 Å². The maximum absolute atomic E-state index is 12.7. The summed E-state index contributed by atoms with van der Waals surface area (Å²) in [6, 6.07) is 26.4. The Morgan fingerprint density at radius 2 is 1.56 bits per heavy atom. The molecule has 2 heterocycles. The van der Waals surface area contributed by atoms with Crippen molar-refractivity contribution < 1.29 is 9.53 Å². The zero-order chi connectivity index (χ0) is 23.3. The molecule has 1 fully saturated rings. The molecule has 1 saturated heterocycles. The fourth-order valence-corrected chi connectivity index (χ4v) is 5.15. The van der Waals surface area contributed by atoms with E-state index >= 15 is 0 Å². The van der Waals surface area contributed by atoms with Gasteiger partial charge in [0.1, 0.15) is 12.4 Å². The Labute approximate surface area is 204 Å². The number of nitrogens with zero attached hydrogens (tertiary/aromatic N) is 3. The highest BCUT2D eigenvalue weighted by Gasteiger charge is 2.29. The third kappa shape index (κ3) is 5.02. The number of benzene rings is 3. The lowest BCUT2D eigenvalue weighted by Crippen LogP contribution is -2.48. The van der Waals surface area contributed by atoms with Gasteiger partial charge < -0.3 is 14.5 Å². The lowest BCUT2D eigenvalue weighted by molar-refractivity contribution is -0.113. The number of rotatable bonds is 5. The molecule has 2 aliphatic rings. The predicted octanol–water partition coefficient (Wildman–Crippen LogP) is 5.37. The lowest BCUT2D eigenvalue weighted by atomic mass is 10.1. The summed E-state index contributed by atoms with van der Waals surface area (Å²) in [6.07, 6.45) is 1.90. The molecule has 0 atom stereocenters. The van der Waals surface area contributed by atoms with Gasteiger partial charge in [0, 0.05) is 37.4 Å². The molecule has 0 unspecified atom stereocenters. The van der Waals surface area contributed by atoms with Crippen LogP contribution in [-0.2, 0) is 11.4 Å². The maximum atomic E-state index is 12.7. The minimum absolute atomic E-state index is 0.181. The summed E-state index contributed by atoms with van der Waals surface area (Å²) in [4.78, 5) is 22.3. The summed E-state index contributed by atoms with van der Waals surface area (Å²) in [5, 5.41) is 0.795. The van der Waals surface area contributed by atoms with Gasteiger partial charge >= 0.3 is 0 Å². The van der Waals surface area contributed by atoms with Crippen LogP contribution in [0.4, 0.5) is 5.69 Å². The molecule has 172 valence electrons. The fraction of sp³-hybridized carbons (Fsp3) is 0.214. The van der Waals surface area contributed by atoms with Crippen LogP contribution in [0.3, 0.4) is 0 Å². The van der Waals surface area contributed by atoms with Crippen LogP contribution < -0.4 is 9.64 Å². The van der Waals surface area contributed by atoms with Crippen LogP contribution in [0, 0.1) is 6.92 Å². The third-order valence-electron chi connectivity index (χ3n) is 6.06. The van der Waals surface area contributed by atoms with E-state index in [4.69, 9.17) is 4.74 Å². The number of anilines is 1. The molecule has 34 heavy (non-hydrogen) atoms. The van der Waals surface area contributed by atoms with E-state index in [9.17, 15) is 4.79 Å². The molecule has 6 heteroatoms. The molecule has 0 aliphatic carbocycles. The van der Waals surface area contributed by atoms with Crippen molar-refractivity contribution in [2.45, 2.75) is 13.5 Å². The Morgan fingerprint density at radius 1 is 0.882 bits per heavy atom. The highest BCUT2D eigenvalue weighted by Crippen LogP contribution is 2.33. The molecule has 0 N–H and O–H groups in total. The lowest BCUT2D eigenvalue weighted by Gasteiger charge is -2.37. The van der Waals surface area contributed by atoms with Gasteiger partial charge in [-0.3, -0.25) is 4.79 Å². The highest BCUT2D eigenvalue weighted by atomic mass is 32.2. The van der Waals surface area contributed by atoms with Gasteiger partial charge in [-0.25, -0.2) is 0 Å². The first-order valence-electron chi connectivity index (χ1n) is 11.5. The Morgan fingerprint density at radius 3 is 2.35 bits per heavy atom. The second kappa shape index (κ2) is 10.2. The van der Waals surface area contributed by atoms with Gasteiger partial charge in [-0.1, -0.05) is 66.7 Å². The van der Waals surface area contributed by atoms with E-state index in [-0.39, 0.29) is 5.91 Å². The van der Waals surface area contributed by atoms with E-state index in [0.29, 0.717) is 11.5 Å². The summed E-state index contributed by atoms with van der Waals surface area (Å²) in [7, 11) is 0. The number of carbonyl (C=O) groups excluding carboxylic acids is 1. The monoisotopic (exact) mass is 469 g/mol. The van der Waals surface area contributed by atoms with E-state index in [2.05, 4.69) is 46.0 Å². The molecule has 2 aliphatic heterocycles. The van der Waals surface area contributed by atoms with Crippen LogP contribution in [0.1, 0.15) is 16.7 Å². The number of thioether (sulfide) groups is 1. The molecule has 1 amide bonds. The second-order valence-electron chi connectivity index (χ2n) is 8.38. The molecule has 3 aromatic carbocycles. The van der Waals surface area contributed by atoms with Gasteiger partial charge in [0.2, 0.25) is 0 Å². The van der Waals surface area contributed by atoms with Crippen molar-refractivity contribution in [3.05, 3.63) is 100 Å². The van der Waals surface area contributed by atoms with Crippen LogP contribution in [0.5, 0.6) is 5.75 Å². The van der Waals surface area contributed by atoms with E-state index < -0.39 is 0 Å². The third-order valence-corrected chi connectivity index (χ3v) is 7.10. The number of ether oxygens (including phenoxy) is 1. The van der Waals surface area contributed by atoms with Crippen molar-refractivity contribution >= 4 is 34.6 Å². The summed E-state index contributed by atoms with van der Waals surface area (Å²) in [5.74, 6) is 0.576. The number of amidine groups is 1. The predicted molar refractivity (Wildman–Crippen MR) is 140 cm³/mol. The van der Waals surface area contributed by atoms with E-state index in [1.165, 1.54) is 23.0 Å². The zero-order valence-electron chi connectivity index (χ0n) is 19.2. The summed E-state index contributed by atoms with van der Waals surface area (Å²) >= 11 is 1.46. The average Bonchev–Trinajstić information content (AvgIpc) is 3.24. The summed E-state index contributed by atoms with van der Waals surface area (Å²) in [5.41, 5.74) is 4.56. The van der Waals surface area contributed by atoms with Crippen molar-refractivity contribution in [2.75, 3.05) is 31.1 Å². The van der Waals surface area contributed by atoms with E-state index in [1.807, 2.05) is 60.7 Å². The molecule has 5 nitrogen and oxygen atoms in total. The standard InChI is InChI=1S/C28H27N3O2S/c1-21-9-5-7-13-24(21)30-15-17-31(18-16-30)28-29-27(32)26(34-28)19-23-12-6-8-14-25(23)33-20-22-10-3-2-4-11-22/h2-14,19H,15-18,20H2,1H3/b26-19-. The van der Waals surface area contributed by atoms with Gasteiger partial charge in [0.05, 0.1) is 4.91 Å². The van der Waals surface area contributed by atoms with Gasteiger partial charge in [-0.15, -0.1) is 0 Å². The normalized spacial score (nSPS) is 17.3. The van der Waals surface area contributed by atoms with Crippen LogP contribution >= 0.6 is 11.8 Å². The molecule has 5 rings (SSSR count). The minimum Gasteiger partial charge on any atom is -0.488 e. The molecule has 0 saturated carbocycles. The van der Waals surface area contributed by atoms with Crippen LogP contribution in [0.2, 0.25) is 0 Å². The Kier molecular flexibility index (Phi) is 6.67. The fourth-order valence-electron chi connectivity index (χ4n) is 4.20. The second-order valence-corrected chi connectivity index (χ2v) is 9.39. The Bertz CT molecular complexity index is 1230. The first kappa shape index (κ1) is 22.3. The number of aliphatic imine (C=N–C) groups is 1. The first-order chi connectivity index (χ1) is 16.7. The average molecular weight is 470 g/mol. The summed E-state index contributed by atoms with van der Waals surface area (Å²) < 4.78 is 6.06. The number of hydrogen-bond acceptors (Lipinski definition) is 5. The van der Waals surface area contributed by atoms with Crippen molar-refractivity contribution in [1.29, 1.82) is 0 Å². The van der Waals surface area contributed by atoms with Crippen molar-refractivity contribution in [2.24, 2.45) is 4.99 Å². The topological polar surface area (TPSA) is 45.1 Å². The number of aryl methyl sites for hydroxylation is 1. The highest BCUT2D eigenvalue weighted by molar-refractivity contribution is 8.18. The van der Waals surface area contributed by atoms with Crippen molar-refractivity contribution in [3.8, 4) is 5.75 Å². The zero-order valence-corrected chi connectivity index (χ0v) is 20.0. The molecule has 3 aromatic rings. The van der Waals surface area contributed by atoms with Gasteiger partial charge in [0.15, 0.2) is 5.17 Å².